The number of aryl methyl sites for hydroxylation is 2. The Balaban J connectivity index is 2.08. The second-order valence-electron chi connectivity index (χ2n) is 5.65. The fraction of sp³-hybridized carbons (Fsp3) is 0.333. The van der Waals surface area contributed by atoms with Crippen LogP contribution in [0.5, 0.6) is 0 Å². The van der Waals surface area contributed by atoms with Crippen molar-refractivity contribution in [3.63, 3.8) is 0 Å². The quantitative estimate of drug-likeness (QED) is 0.806. The zero-order chi connectivity index (χ0) is 17.5. The van der Waals surface area contributed by atoms with Crippen molar-refractivity contribution in [2.75, 3.05) is 17.3 Å². The van der Waals surface area contributed by atoms with Crippen LogP contribution in [0.4, 0.5) is 5.69 Å². The van der Waals surface area contributed by atoms with Gasteiger partial charge >= 0.3 is 0 Å². The molecule has 0 radical (unpaired) electrons. The lowest BCUT2D eigenvalue weighted by atomic mass is 10.1. The Hall–Kier alpha value is -2.21. The molecule has 1 aromatic heterocycles. The number of carbonyl (C=O) groups is 2. The maximum Gasteiger partial charge on any atom is 0.287 e. The van der Waals surface area contributed by atoms with E-state index < -0.39 is 6.04 Å². The van der Waals surface area contributed by atoms with Gasteiger partial charge in [-0.1, -0.05) is 6.07 Å². The highest BCUT2D eigenvalue weighted by Crippen LogP contribution is 2.15. The number of thioether (sulfide) groups is 1. The van der Waals surface area contributed by atoms with Crippen molar-refractivity contribution in [1.82, 2.24) is 5.32 Å². The molecule has 128 valence electrons. The summed E-state index contributed by atoms with van der Waals surface area (Å²) in [6.07, 6.45) is 3.94. The average molecular weight is 346 g/mol. The van der Waals surface area contributed by atoms with E-state index in [9.17, 15) is 9.59 Å². The summed E-state index contributed by atoms with van der Waals surface area (Å²) < 4.78 is 5.08. The summed E-state index contributed by atoms with van der Waals surface area (Å²) >= 11 is 1.63. The zero-order valence-corrected chi connectivity index (χ0v) is 14.9. The van der Waals surface area contributed by atoms with Gasteiger partial charge in [-0.25, -0.2) is 0 Å². The second kappa shape index (κ2) is 8.59. The van der Waals surface area contributed by atoms with E-state index in [-0.39, 0.29) is 17.6 Å². The first-order valence-electron chi connectivity index (χ1n) is 7.72. The number of rotatable bonds is 7. The molecule has 0 aliphatic heterocycles. The third-order valence-corrected chi connectivity index (χ3v) is 4.11. The molecule has 1 atom stereocenters. The third kappa shape index (κ3) is 5.16. The summed E-state index contributed by atoms with van der Waals surface area (Å²) in [6.45, 7) is 3.96. The molecule has 1 unspecified atom stereocenters. The Morgan fingerprint density at radius 2 is 1.92 bits per heavy atom. The molecule has 1 heterocycles. The van der Waals surface area contributed by atoms with Gasteiger partial charge in [0.25, 0.3) is 5.91 Å². The maximum absolute atomic E-state index is 12.6. The Labute approximate surface area is 146 Å². The van der Waals surface area contributed by atoms with E-state index in [4.69, 9.17) is 4.42 Å². The van der Waals surface area contributed by atoms with E-state index in [0.717, 1.165) is 22.6 Å². The van der Waals surface area contributed by atoms with E-state index in [1.165, 1.54) is 6.26 Å². The summed E-state index contributed by atoms with van der Waals surface area (Å²) in [7, 11) is 0. The van der Waals surface area contributed by atoms with Gasteiger partial charge in [-0.05, 0) is 67.7 Å². The first kappa shape index (κ1) is 18.1. The monoisotopic (exact) mass is 346 g/mol. The number of hydrogen-bond acceptors (Lipinski definition) is 4. The summed E-state index contributed by atoms with van der Waals surface area (Å²) in [4.78, 5) is 24.7. The van der Waals surface area contributed by atoms with Crippen LogP contribution in [0, 0.1) is 13.8 Å². The van der Waals surface area contributed by atoms with Gasteiger partial charge in [-0.2, -0.15) is 11.8 Å². The number of furan rings is 1. The highest BCUT2D eigenvalue weighted by atomic mass is 32.2. The van der Waals surface area contributed by atoms with Crippen LogP contribution < -0.4 is 10.6 Å². The Kier molecular flexibility index (Phi) is 6.49. The molecule has 0 saturated heterocycles. The number of nitrogens with one attached hydrogen (secondary N) is 2. The summed E-state index contributed by atoms with van der Waals surface area (Å²) in [5.74, 6) is 0.350. The van der Waals surface area contributed by atoms with Crippen LogP contribution in [0.3, 0.4) is 0 Å². The maximum atomic E-state index is 12.6. The van der Waals surface area contributed by atoms with E-state index >= 15 is 0 Å². The highest BCUT2D eigenvalue weighted by Gasteiger charge is 2.22. The molecule has 2 aromatic rings. The molecule has 0 saturated carbocycles. The normalized spacial score (nSPS) is 11.8. The molecule has 6 heteroatoms. The number of hydrogen-bond donors (Lipinski definition) is 2. The van der Waals surface area contributed by atoms with Crippen LogP contribution in [-0.4, -0.2) is 29.9 Å². The molecule has 0 aliphatic rings. The molecule has 0 bridgehead atoms. The van der Waals surface area contributed by atoms with Crippen LogP contribution in [0.15, 0.2) is 41.0 Å². The van der Waals surface area contributed by atoms with Crippen molar-refractivity contribution in [2.24, 2.45) is 0 Å². The molecule has 24 heavy (non-hydrogen) atoms. The van der Waals surface area contributed by atoms with Crippen LogP contribution in [0.2, 0.25) is 0 Å². The van der Waals surface area contributed by atoms with Gasteiger partial charge in [0, 0.05) is 5.69 Å². The second-order valence-corrected chi connectivity index (χ2v) is 6.64. The van der Waals surface area contributed by atoms with Crippen molar-refractivity contribution < 1.29 is 14.0 Å². The Morgan fingerprint density at radius 3 is 2.50 bits per heavy atom. The number of amides is 2. The zero-order valence-electron chi connectivity index (χ0n) is 14.1. The van der Waals surface area contributed by atoms with E-state index in [1.54, 1.807) is 23.9 Å². The molecule has 1 aromatic carbocycles. The van der Waals surface area contributed by atoms with Crippen molar-refractivity contribution in [2.45, 2.75) is 26.3 Å². The molecule has 2 amide bonds. The van der Waals surface area contributed by atoms with Crippen molar-refractivity contribution in [1.29, 1.82) is 0 Å². The first-order chi connectivity index (χ1) is 11.5. The van der Waals surface area contributed by atoms with Gasteiger partial charge in [0.1, 0.15) is 6.04 Å². The smallest absolute Gasteiger partial charge is 0.287 e. The lowest BCUT2D eigenvalue weighted by Crippen LogP contribution is -2.44. The van der Waals surface area contributed by atoms with E-state index in [1.807, 2.05) is 38.3 Å². The van der Waals surface area contributed by atoms with E-state index in [0.29, 0.717) is 6.42 Å². The summed E-state index contributed by atoms with van der Waals surface area (Å²) in [5.41, 5.74) is 2.88. The lowest BCUT2D eigenvalue weighted by molar-refractivity contribution is -0.118. The topological polar surface area (TPSA) is 71.3 Å². The third-order valence-electron chi connectivity index (χ3n) is 3.47. The predicted octanol–water partition coefficient (Wildman–Crippen LogP) is 3.39. The lowest BCUT2D eigenvalue weighted by Gasteiger charge is -2.18. The van der Waals surface area contributed by atoms with Crippen LogP contribution in [0.25, 0.3) is 0 Å². The molecule has 5 nitrogen and oxygen atoms in total. The van der Waals surface area contributed by atoms with Crippen LogP contribution >= 0.6 is 11.8 Å². The van der Waals surface area contributed by atoms with Crippen LogP contribution in [-0.2, 0) is 4.79 Å². The van der Waals surface area contributed by atoms with Gasteiger partial charge in [0.15, 0.2) is 5.76 Å². The molecule has 0 aliphatic carbocycles. The number of carbonyl (C=O) groups excluding carboxylic acids is 2. The fourth-order valence-electron chi connectivity index (χ4n) is 2.42. The van der Waals surface area contributed by atoms with Crippen molar-refractivity contribution in [3.8, 4) is 0 Å². The van der Waals surface area contributed by atoms with Gasteiger partial charge in [-0.3, -0.25) is 9.59 Å². The van der Waals surface area contributed by atoms with Gasteiger partial charge in [0.05, 0.1) is 6.26 Å². The number of benzene rings is 1. The molecular weight excluding hydrogens is 324 g/mol. The first-order valence-corrected chi connectivity index (χ1v) is 9.11. The number of anilines is 1. The van der Waals surface area contributed by atoms with Gasteiger partial charge < -0.3 is 15.1 Å². The highest BCUT2D eigenvalue weighted by molar-refractivity contribution is 7.98. The fourth-order valence-corrected chi connectivity index (χ4v) is 2.89. The van der Waals surface area contributed by atoms with Gasteiger partial charge in [-0.15, -0.1) is 0 Å². The van der Waals surface area contributed by atoms with Gasteiger partial charge in [0.2, 0.25) is 5.91 Å². The SMILES string of the molecule is CSCCC(NC(=O)c1ccco1)C(=O)Nc1cc(C)cc(C)c1. The molecular formula is C18H22N2O3S. The van der Waals surface area contributed by atoms with Crippen molar-refractivity contribution in [3.05, 3.63) is 53.5 Å². The standard InChI is InChI=1S/C18H22N2O3S/c1-12-9-13(2)11-14(10-12)19-17(21)15(6-8-24-3)20-18(22)16-5-4-7-23-16/h4-5,7,9-11,15H,6,8H2,1-3H3,(H,19,21)(H,20,22). The van der Waals surface area contributed by atoms with Crippen molar-refractivity contribution >= 4 is 29.3 Å². The molecule has 0 fully saturated rings. The largest absolute Gasteiger partial charge is 0.459 e. The average Bonchev–Trinajstić information content (AvgIpc) is 3.04. The minimum atomic E-state index is -0.615. The Morgan fingerprint density at radius 1 is 1.21 bits per heavy atom. The molecule has 2 N–H and O–H groups in total. The molecule has 0 spiro atoms. The molecule has 2 rings (SSSR count). The minimum absolute atomic E-state index is 0.198. The predicted molar refractivity (Wildman–Crippen MR) is 97.5 cm³/mol. The van der Waals surface area contributed by atoms with E-state index in [2.05, 4.69) is 10.6 Å². The van der Waals surface area contributed by atoms with Crippen LogP contribution in [0.1, 0.15) is 28.1 Å². The summed E-state index contributed by atoms with van der Waals surface area (Å²) in [6, 6.07) is 8.45. The minimum Gasteiger partial charge on any atom is -0.459 e. The Bertz CT molecular complexity index is 678. The summed E-state index contributed by atoms with van der Waals surface area (Å²) in [5, 5.41) is 5.64.